The van der Waals surface area contributed by atoms with Crippen molar-refractivity contribution in [3.05, 3.63) is 29.8 Å². The molecule has 18 heavy (non-hydrogen) atoms. The molecule has 0 heterocycles. The van der Waals surface area contributed by atoms with Crippen LogP contribution in [0.3, 0.4) is 0 Å². The lowest BCUT2D eigenvalue weighted by Gasteiger charge is -2.18. The number of hydrogen-bond donors (Lipinski definition) is 1. The van der Waals surface area contributed by atoms with E-state index in [9.17, 15) is 13.2 Å². The van der Waals surface area contributed by atoms with Gasteiger partial charge in [-0.1, -0.05) is 17.5 Å². The Balaban J connectivity index is 3.19. The summed E-state index contributed by atoms with van der Waals surface area (Å²) in [6.45, 7) is 2.07. The van der Waals surface area contributed by atoms with E-state index in [-0.39, 0.29) is 17.0 Å². The lowest BCUT2D eigenvalue weighted by Crippen LogP contribution is -2.31. The van der Waals surface area contributed by atoms with Gasteiger partial charge in [0.1, 0.15) is 0 Å². The zero-order chi connectivity index (χ0) is 13.8. The number of hydroxylamine groups is 1. The van der Waals surface area contributed by atoms with Crippen molar-refractivity contribution in [1.82, 2.24) is 4.47 Å². The molecule has 0 unspecified atom stereocenters. The minimum absolute atomic E-state index is 0.0194. The summed E-state index contributed by atoms with van der Waals surface area (Å²) in [5.41, 5.74) is 5.26. The van der Waals surface area contributed by atoms with Crippen molar-refractivity contribution >= 4 is 15.9 Å². The average Bonchev–Trinajstić information content (AvgIpc) is 2.35. The van der Waals surface area contributed by atoms with Gasteiger partial charge in [-0.05, 0) is 24.6 Å². The van der Waals surface area contributed by atoms with Crippen molar-refractivity contribution in [3.8, 4) is 0 Å². The molecule has 2 N–H and O–H groups in total. The van der Waals surface area contributed by atoms with Crippen LogP contribution in [0.5, 0.6) is 0 Å². The molecular weight excluding hydrogens is 256 g/mol. The first-order valence-electron chi connectivity index (χ1n) is 5.40. The number of primary amides is 1. The molecule has 0 radical (unpaired) electrons. The van der Waals surface area contributed by atoms with E-state index in [1.165, 1.54) is 31.4 Å². The normalized spacial score (nSPS) is 11.7. The van der Waals surface area contributed by atoms with Gasteiger partial charge in [0.05, 0.1) is 12.0 Å². The summed E-state index contributed by atoms with van der Waals surface area (Å²) in [6.07, 6.45) is 0.614. The van der Waals surface area contributed by atoms with E-state index in [1.54, 1.807) is 0 Å². The van der Waals surface area contributed by atoms with Gasteiger partial charge in [-0.25, -0.2) is 8.42 Å². The second-order valence-electron chi connectivity index (χ2n) is 3.61. The van der Waals surface area contributed by atoms with Gasteiger partial charge >= 0.3 is 0 Å². The number of nitrogens with zero attached hydrogens (tertiary/aromatic N) is 1. The van der Waals surface area contributed by atoms with E-state index in [1.807, 2.05) is 6.92 Å². The molecule has 0 bridgehead atoms. The molecule has 1 aromatic rings. The summed E-state index contributed by atoms with van der Waals surface area (Å²) >= 11 is 0. The van der Waals surface area contributed by atoms with Crippen LogP contribution in [-0.4, -0.2) is 32.4 Å². The predicted octanol–water partition coefficient (Wildman–Crippen LogP) is 0.748. The van der Waals surface area contributed by atoms with Gasteiger partial charge in [0.2, 0.25) is 5.91 Å². The van der Waals surface area contributed by atoms with E-state index < -0.39 is 15.9 Å². The zero-order valence-electron chi connectivity index (χ0n) is 10.3. The third-order valence-electron chi connectivity index (χ3n) is 2.29. The zero-order valence-corrected chi connectivity index (χ0v) is 11.1. The molecule has 1 rings (SSSR count). The quantitative estimate of drug-likeness (QED) is 0.774. The molecule has 1 aromatic carbocycles. The highest BCUT2D eigenvalue weighted by atomic mass is 32.2. The van der Waals surface area contributed by atoms with E-state index in [0.717, 1.165) is 4.47 Å². The van der Waals surface area contributed by atoms with Crippen molar-refractivity contribution < 1.29 is 18.0 Å². The van der Waals surface area contributed by atoms with Gasteiger partial charge < -0.3 is 5.73 Å². The van der Waals surface area contributed by atoms with Gasteiger partial charge in [0.25, 0.3) is 10.0 Å². The van der Waals surface area contributed by atoms with Gasteiger partial charge in [-0.2, -0.15) is 0 Å². The van der Waals surface area contributed by atoms with Crippen LogP contribution in [0.4, 0.5) is 0 Å². The summed E-state index contributed by atoms with van der Waals surface area (Å²) in [5, 5.41) is 0. The van der Waals surface area contributed by atoms with Gasteiger partial charge in [0, 0.05) is 12.1 Å². The van der Waals surface area contributed by atoms with E-state index in [2.05, 4.69) is 0 Å². The Morgan fingerprint density at radius 2 is 2.11 bits per heavy atom. The summed E-state index contributed by atoms with van der Waals surface area (Å²) < 4.78 is 25.2. The smallest absolute Gasteiger partial charge is 0.265 e. The van der Waals surface area contributed by atoms with E-state index in [0.29, 0.717) is 6.42 Å². The number of nitrogens with two attached hydrogens (primary N) is 1. The van der Waals surface area contributed by atoms with Crippen LogP contribution in [0.1, 0.15) is 23.7 Å². The van der Waals surface area contributed by atoms with Crippen LogP contribution in [0.25, 0.3) is 0 Å². The minimum atomic E-state index is -3.77. The van der Waals surface area contributed by atoms with Crippen LogP contribution < -0.4 is 5.73 Å². The summed E-state index contributed by atoms with van der Waals surface area (Å²) in [4.78, 5) is 15.8. The third-order valence-corrected chi connectivity index (χ3v) is 4.01. The maximum Gasteiger partial charge on any atom is 0.265 e. The van der Waals surface area contributed by atoms with Gasteiger partial charge in [-0.3, -0.25) is 9.63 Å². The Morgan fingerprint density at radius 3 is 2.61 bits per heavy atom. The first kappa shape index (κ1) is 14.6. The third kappa shape index (κ3) is 3.06. The largest absolute Gasteiger partial charge is 0.366 e. The van der Waals surface area contributed by atoms with Crippen LogP contribution in [0.15, 0.2) is 29.2 Å². The maximum absolute atomic E-state index is 12.2. The summed E-state index contributed by atoms with van der Waals surface area (Å²) in [7, 11) is -2.48. The van der Waals surface area contributed by atoms with Crippen molar-refractivity contribution in [2.45, 2.75) is 18.2 Å². The van der Waals surface area contributed by atoms with Crippen molar-refractivity contribution in [1.29, 1.82) is 0 Å². The molecule has 0 aliphatic carbocycles. The Labute approximate surface area is 106 Å². The fourth-order valence-electron chi connectivity index (χ4n) is 1.42. The molecule has 0 aliphatic heterocycles. The summed E-state index contributed by atoms with van der Waals surface area (Å²) in [5.74, 6) is -0.675. The number of benzene rings is 1. The highest BCUT2D eigenvalue weighted by molar-refractivity contribution is 7.89. The number of sulfonamides is 1. The Kier molecular flexibility index (Phi) is 4.83. The molecule has 0 aliphatic rings. The lowest BCUT2D eigenvalue weighted by atomic mass is 10.2. The molecule has 6 nitrogen and oxygen atoms in total. The number of carbonyl (C=O) groups is 1. The minimum Gasteiger partial charge on any atom is -0.366 e. The fraction of sp³-hybridized carbons (Fsp3) is 0.364. The fourth-order valence-corrected chi connectivity index (χ4v) is 2.80. The second-order valence-corrected chi connectivity index (χ2v) is 5.43. The Bertz CT molecular complexity index is 528. The van der Waals surface area contributed by atoms with Crippen molar-refractivity contribution in [3.63, 3.8) is 0 Å². The lowest BCUT2D eigenvalue weighted by molar-refractivity contribution is -0.0482. The average molecular weight is 272 g/mol. The molecule has 0 aromatic heterocycles. The van der Waals surface area contributed by atoms with Crippen LogP contribution >= 0.6 is 0 Å². The SMILES string of the molecule is CCCN(OC)S(=O)(=O)c1cccc(C(N)=O)c1. The van der Waals surface area contributed by atoms with Crippen molar-refractivity contribution in [2.24, 2.45) is 5.73 Å². The van der Waals surface area contributed by atoms with Crippen LogP contribution in [0.2, 0.25) is 0 Å². The molecular formula is C11H16N2O4S. The molecule has 0 atom stereocenters. The summed E-state index contributed by atoms with van der Waals surface area (Å²) in [6, 6.07) is 5.55. The predicted molar refractivity (Wildman–Crippen MR) is 66.2 cm³/mol. The topological polar surface area (TPSA) is 89.7 Å². The van der Waals surface area contributed by atoms with E-state index >= 15 is 0 Å². The number of rotatable bonds is 6. The van der Waals surface area contributed by atoms with Crippen LogP contribution in [-0.2, 0) is 14.9 Å². The van der Waals surface area contributed by atoms with Crippen LogP contribution in [0, 0.1) is 0 Å². The van der Waals surface area contributed by atoms with Gasteiger partial charge in [-0.15, -0.1) is 0 Å². The van der Waals surface area contributed by atoms with E-state index in [4.69, 9.17) is 10.6 Å². The molecule has 0 saturated carbocycles. The number of carbonyl (C=O) groups excluding carboxylic acids is 1. The molecule has 7 heteroatoms. The Morgan fingerprint density at radius 1 is 1.44 bits per heavy atom. The molecule has 0 fully saturated rings. The number of hydrogen-bond acceptors (Lipinski definition) is 4. The monoisotopic (exact) mass is 272 g/mol. The number of amides is 1. The second kappa shape index (κ2) is 5.94. The van der Waals surface area contributed by atoms with Gasteiger partial charge in [0.15, 0.2) is 0 Å². The first-order valence-corrected chi connectivity index (χ1v) is 6.84. The molecule has 0 saturated heterocycles. The Hall–Kier alpha value is -1.44. The maximum atomic E-state index is 12.2. The highest BCUT2D eigenvalue weighted by Gasteiger charge is 2.24. The molecule has 100 valence electrons. The standard InChI is InChI=1S/C11H16N2O4S/c1-3-7-13(17-2)18(15,16)10-6-4-5-9(8-10)11(12)14/h4-6,8H,3,7H2,1-2H3,(H2,12,14). The van der Waals surface area contributed by atoms with Crippen molar-refractivity contribution in [2.75, 3.05) is 13.7 Å². The molecule has 1 amide bonds. The molecule has 0 spiro atoms. The highest BCUT2D eigenvalue weighted by Crippen LogP contribution is 2.17. The first-order chi connectivity index (χ1) is 8.43.